The van der Waals surface area contributed by atoms with Gasteiger partial charge in [0.05, 0.1) is 31.5 Å². The van der Waals surface area contributed by atoms with Crippen LogP contribution in [0.5, 0.6) is 0 Å². The number of rotatable bonds is 10. The standard InChI is InChI=1S/C11H18O9S.Na/c1-11(13,7-18-8-3-4-8)20-19-6-9(21(14,15)16)5-10(12)17-2;/h3-4,8-9,13H,5-7H2,1-2H3,(H,14,15,16);/q;+1/p-1. The molecular weight excluding hydrogens is 331 g/mol. The van der Waals surface area contributed by atoms with Crippen molar-refractivity contribution >= 4 is 16.1 Å². The number of aliphatic hydroxyl groups is 1. The molecular formula is C11H17NaO9S. The molecule has 0 spiro atoms. The summed E-state index contributed by atoms with van der Waals surface area (Å²) in [4.78, 5) is 20.2. The first-order chi connectivity index (χ1) is 9.64. The van der Waals surface area contributed by atoms with E-state index in [1.807, 2.05) is 0 Å². The van der Waals surface area contributed by atoms with Crippen molar-refractivity contribution in [1.82, 2.24) is 0 Å². The molecule has 22 heavy (non-hydrogen) atoms. The molecule has 0 aromatic heterocycles. The van der Waals surface area contributed by atoms with Gasteiger partial charge in [0.2, 0.25) is 5.79 Å². The van der Waals surface area contributed by atoms with Crippen LogP contribution in [0, 0.1) is 0 Å². The van der Waals surface area contributed by atoms with E-state index in [1.165, 1.54) is 6.92 Å². The number of esters is 1. The Hall–Kier alpha value is -0.0400. The first-order valence-corrected chi connectivity index (χ1v) is 7.45. The van der Waals surface area contributed by atoms with Crippen LogP contribution in [0.1, 0.15) is 13.3 Å². The largest absolute Gasteiger partial charge is 1.00 e. The molecule has 0 radical (unpaired) electrons. The molecule has 2 atom stereocenters. The third-order valence-electron chi connectivity index (χ3n) is 2.42. The fraction of sp³-hybridized carbons (Fsp3) is 0.727. The maximum absolute atomic E-state index is 11.0. The summed E-state index contributed by atoms with van der Waals surface area (Å²) < 4.78 is 42.3. The zero-order chi connectivity index (χ0) is 16.1. The van der Waals surface area contributed by atoms with Crippen LogP contribution in [-0.2, 0) is 34.2 Å². The fourth-order valence-corrected chi connectivity index (χ4v) is 1.74. The van der Waals surface area contributed by atoms with Crippen molar-refractivity contribution in [3.63, 3.8) is 0 Å². The van der Waals surface area contributed by atoms with Gasteiger partial charge in [0.25, 0.3) is 0 Å². The van der Waals surface area contributed by atoms with Crippen molar-refractivity contribution in [3.8, 4) is 0 Å². The van der Waals surface area contributed by atoms with Crippen LogP contribution in [0.4, 0.5) is 0 Å². The predicted molar refractivity (Wildman–Crippen MR) is 66.7 cm³/mol. The summed E-state index contributed by atoms with van der Waals surface area (Å²) in [6.07, 6.45) is 2.66. The normalized spacial score (nSPS) is 18.2. The molecule has 1 aliphatic carbocycles. The monoisotopic (exact) mass is 348 g/mol. The SMILES string of the molecule is COC(=O)CC(COOC(C)(O)COC1C=C1)S(=O)(=O)[O-].[Na+]. The average Bonchev–Trinajstić information content (AvgIpc) is 3.17. The van der Waals surface area contributed by atoms with Crippen molar-refractivity contribution < 1.29 is 71.7 Å². The van der Waals surface area contributed by atoms with Crippen molar-refractivity contribution in [2.75, 3.05) is 20.3 Å². The van der Waals surface area contributed by atoms with E-state index in [-0.39, 0.29) is 42.3 Å². The van der Waals surface area contributed by atoms with Gasteiger partial charge in [0, 0.05) is 0 Å². The van der Waals surface area contributed by atoms with Crippen molar-refractivity contribution in [2.45, 2.75) is 30.5 Å². The van der Waals surface area contributed by atoms with E-state index in [4.69, 9.17) is 4.74 Å². The molecule has 9 nitrogen and oxygen atoms in total. The molecule has 0 saturated carbocycles. The third-order valence-corrected chi connectivity index (χ3v) is 3.54. The van der Waals surface area contributed by atoms with Crippen LogP contribution in [-0.4, -0.2) is 61.5 Å². The number of methoxy groups -OCH3 is 1. The molecule has 122 valence electrons. The molecule has 0 heterocycles. The van der Waals surface area contributed by atoms with Crippen molar-refractivity contribution in [2.24, 2.45) is 0 Å². The van der Waals surface area contributed by atoms with Gasteiger partial charge in [-0.05, 0) is 6.92 Å². The van der Waals surface area contributed by atoms with Gasteiger partial charge in [-0.15, -0.1) is 0 Å². The topological polar surface area (TPSA) is 131 Å². The first-order valence-electron chi connectivity index (χ1n) is 5.98. The quantitative estimate of drug-likeness (QED) is 0.0800. The zero-order valence-electron chi connectivity index (χ0n) is 12.6. The summed E-state index contributed by atoms with van der Waals surface area (Å²) in [6.45, 7) is 0.283. The second kappa shape index (κ2) is 9.30. The Labute approximate surface area is 150 Å². The summed E-state index contributed by atoms with van der Waals surface area (Å²) in [6, 6.07) is 0. The van der Waals surface area contributed by atoms with Gasteiger partial charge in [-0.2, -0.15) is 4.89 Å². The first kappa shape index (κ1) is 22.0. The third kappa shape index (κ3) is 9.18. The summed E-state index contributed by atoms with van der Waals surface area (Å²) in [5.74, 6) is -2.70. The van der Waals surface area contributed by atoms with E-state index in [0.29, 0.717) is 0 Å². The smallest absolute Gasteiger partial charge is 0.748 e. The zero-order valence-corrected chi connectivity index (χ0v) is 15.4. The molecule has 0 saturated heterocycles. The molecule has 0 aromatic rings. The minimum atomic E-state index is -4.78. The Balaban J connectivity index is 0.00000441. The maximum Gasteiger partial charge on any atom is 1.00 e. The molecule has 0 aromatic carbocycles. The van der Waals surface area contributed by atoms with Crippen molar-refractivity contribution in [3.05, 3.63) is 12.2 Å². The van der Waals surface area contributed by atoms with E-state index >= 15 is 0 Å². The van der Waals surface area contributed by atoms with Crippen LogP contribution >= 0.6 is 0 Å². The molecule has 1 rings (SSSR count). The molecule has 11 heteroatoms. The molecule has 2 unspecified atom stereocenters. The molecule has 0 bridgehead atoms. The Kier molecular flexibility index (Phi) is 9.29. The Morgan fingerprint density at radius 3 is 2.50 bits per heavy atom. The van der Waals surface area contributed by atoms with E-state index < -0.39 is 40.2 Å². The van der Waals surface area contributed by atoms with Crippen LogP contribution < -0.4 is 29.6 Å². The van der Waals surface area contributed by atoms with E-state index in [0.717, 1.165) is 7.11 Å². The summed E-state index contributed by atoms with van der Waals surface area (Å²) in [5, 5.41) is 8.04. The molecule has 0 amide bonds. The minimum Gasteiger partial charge on any atom is -0.748 e. The van der Waals surface area contributed by atoms with Crippen LogP contribution in [0.2, 0.25) is 0 Å². The van der Waals surface area contributed by atoms with Crippen LogP contribution in [0.25, 0.3) is 0 Å². The number of hydrogen-bond donors (Lipinski definition) is 1. The van der Waals surface area contributed by atoms with Gasteiger partial charge in [0.1, 0.15) is 16.7 Å². The molecule has 1 N–H and O–H groups in total. The van der Waals surface area contributed by atoms with Gasteiger partial charge in [-0.3, -0.25) is 4.79 Å². The van der Waals surface area contributed by atoms with E-state index in [9.17, 15) is 22.9 Å². The summed E-state index contributed by atoms with van der Waals surface area (Å²) in [5.41, 5.74) is 0. The minimum absolute atomic E-state index is 0. The maximum atomic E-state index is 11.0. The van der Waals surface area contributed by atoms with Gasteiger partial charge >= 0.3 is 35.5 Å². The Bertz CT molecular complexity index is 482. The van der Waals surface area contributed by atoms with Crippen molar-refractivity contribution in [1.29, 1.82) is 0 Å². The van der Waals surface area contributed by atoms with Crippen LogP contribution in [0.15, 0.2) is 12.2 Å². The van der Waals surface area contributed by atoms with E-state index in [2.05, 4.69) is 14.5 Å². The summed E-state index contributed by atoms with van der Waals surface area (Å²) in [7, 11) is -3.72. The van der Waals surface area contributed by atoms with Gasteiger partial charge in [0.15, 0.2) is 0 Å². The summed E-state index contributed by atoms with van der Waals surface area (Å²) >= 11 is 0. The number of carbonyl (C=O) groups is 1. The number of carbonyl (C=O) groups excluding carboxylic acids is 1. The second-order valence-electron chi connectivity index (χ2n) is 4.60. The van der Waals surface area contributed by atoms with E-state index in [1.54, 1.807) is 12.2 Å². The Morgan fingerprint density at radius 1 is 1.45 bits per heavy atom. The molecule has 1 aliphatic rings. The van der Waals surface area contributed by atoms with Gasteiger partial charge in [-0.1, -0.05) is 12.2 Å². The second-order valence-corrected chi connectivity index (χ2v) is 6.25. The Morgan fingerprint density at radius 2 is 2.05 bits per heavy atom. The molecule has 0 aliphatic heterocycles. The number of hydrogen-bond acceptors (Lipinski definition) is 9. The predicted octanol–water partition coefficient (Wildman–Crippen LogP) is -3.92. The number of ether oxygens (including phenoxy) is 2. The van der Waals surface area contributed by atoms with Crippen LogP contribution in [0.3, 0.4) is 0 Å². The molecule has 0 fully saturated rings. The fourth-order valence-electron chi connectivity index (χ4n) is 1.18. The van der Waals surface area contributed by atoms with Gasteiger partial charge in [-0.25, -0.2) is 13.3 Å². The van der Waals surface area contributed by atoms with Gasteiger partial charge < -0.3 is 19.1 Å². The average molecular weight is 348 g/mol.